The number of benzene rings is 1. The average Bonchev–Trinajstić information content (AvgIpc) is 2.61. The Hall–Kier alpha value is -3.09. The van der Waals surface area contributed by atoms with Gasteiger partial charge in [-0.1, -0.05) is 0 Å². The topological polar surface area (TPSA) is 157 Å². The number of hydrogen-bond donors (Lipinski definition) is 1. The number of hydrogen-bond acceptors (Lipinski definition) is 11. The molecule has 1 unspecified atom stereocenters. The molecule has 0 aliphatic carbocycles. The van der Waals surface area contributed by atoms with Crippen LogP contribution in [0, 0.1) is 20.2 Å². The van der Waals surface area contributed by atoms with Crippen molar-refractivity contribution in [1.82, 2.24) is 0 Å². The number of carbonyl (C=O) groups is 2. The highest BCUT2D eigenvalue weighted by molar-refractivity contribution is 7.80. The first-order valence-corrected chi connectivity index (χ1v) is 7.93. The van der Waals surface area contributed by atoms with Crippen molar-refractivity contribution in [3.63, 3.8) is 0 Å². The molecular formula is C14H16N2O10S. The van der Waals surface area contributed by atoms with Crippen molar-refractivity contribution in [2.24, 2.45) is 0 Å². The molecule has 27 heavy (non-hydrogen) atoms. The van der Waals surface area contributed by atoms with Crippen LogP contribution < -0.4 is 0 Å². The molecule has 12 nitrogen and oxygen atoms in total. The Morgan fingerprint density at radius 3 is 2.26 bits per heavy atom. The van der Waals surface area contributed by atoms with Gasteiger partial charge in [-0.05, 0) is 30.7 Å². The normalized spacial score (nSPS) is 11.1. The van der Waals surface area contributed by atoms with Crippen molar-refractivity contribution in [3.8, 4) is 0 Å². The van der Waals surface area contributed by atoms with E-state index in [9.17, 15) is 29.8 Å². The first-order chi connectivity index (χ1) is 12.8. The number of carbonyl (C=O) groups excluding carboxylic acids is 2. The molecule has 0 bridgehead atoms. The summed E-state index contributed by atoms with van der Waals surface area (Å²) in [6, 6.07) is 6.07. The molecule has 0 aromatic heterocycles. The fraction of sp³-hybridized carbons (Fsp3) is 0.429. The van der Waals surface area contributed by atoms with E-state index >= 15 is 0 Å². The van der Waals surface area contributed by atoms with Gasteiger partial charge in [-0.25, -0.2) is 4.79 Å². The van der Waals surface area contributed by atoms with Crippen LogP contribution in [0.15, 0.2) is 29.2 Å². The maximum atomic E-state index is 11.9. The van der Waals surface area contributed by atoms with E-state index in [0.717, 1.165) is 0 Å². The summed E-state index contributed by atoms with van der Waals surface area (Å²) in [5, 5.41) is 18.2. The van der Waals surface area contributed by atoms with Gasteiger partial charge in [0.25, 0.3) is 10.2 Å². The molecule has 1 aromatic rings. The van der Waals surface area contributed by atoms with Crippen LogP contribution in [-0.4, -0.2) is 48.0 Å². The van der Waals surface area contributed by atoms with Gasteiger partial charge < -0.3 is 19.1 Å². The van der Waals surface area contributed by atoms with Crippen molar-refractivity contribution in [1.29, 1.82) is 0 Å². The molecular weight excluding hydrogens is 388 g/mol. The lowest BCUT2D eigenvalue weighted by atomic mass is 10.2. The Labute approximate surface area is 157 Å². The van der Waals surface area contributed by atoms with Gasteiger partial charge in [0, 0.05) is 11.3 Å². The summed E-state index contributed by atoms with van der Waals surface area (Å²) in [5.41, 5.74) is 0.213. The van der Waals surface area contributed by atoms with E-state index in [0.29, 0.717) is 4.90 Å². The fourth-order valence-electron chi connectivity index (χ4n) is 1.71. The molecule has 0 saturated heterocycles. The molecule has 0 N–H and O–H groups in total. The van der Waals surface area contributed by atoms with E-state index in [1.54, 1.807) is 12.1 Å². The Bertz CT molecular complexity index is 666. The zero-order chi connectivity index (χ0) is 20.2. The van der Waals surface area contributed by atoms with E-state index in [2.05, 4.69) is 22.3 Å². The van der Waals surface area contributed by atoms with Crippen LogP contribution in [0.25, 0.3) is 0 Å². The van der Waals surface area contributed by atoms with Gasteiger partial charge in [-0.2, -0.15) is 0 Å². The highest BCUT2D eigenvalue weighted by Gasteiger charge is 2.19. The molecule has 0 heterocycles. The van der Waals surface area contributed by atoms with Crippen LogP contribution in [0.5, 0.6) is 0 Å². The lowest BCUT2D eigenvalue weighted by Gasteiger charge is -2.17. The Balaban J connectivity index is 2.50. The summed E-state index contributed by atoms with van der Waals surface area (Å²) >= 11 is 4.08. The molecule has 1 aromatic carbocycles. The van der Waals surface area contributed by atoms with Gasteiger partial charge in [0.1, 0.15) is 13.2 Å². The molecule has 0 radical (unpaired) electrons. The van der Waals surface area contributed by atoms with Gasteiger partial charge in [-0.3, -0.25) is 4.79 Å². The van der Waals surface area contributed by atoms with E-state index in [-0.39, 0.29) is 25.0 Å². The minimum Gasteiger partial charge on any atom is -0.458 e. The molecule has 0 saturated carbocycles. The lowest BCUT2D eigenvalue weighted by Crippen LogP contribution is -2.30. The zero-order valence-corrected chi connectivity index (χ0v) is 14.7. The first kappa shape index (κ1) is 22.0. The van der Waals surface area contributed by atoms with Crippen molar-refractivity contribution >= 4 is 24.6 Å². The Morgan fingerprint density at radius 2 is 1.67 bits per heavy atom. The predicted molar refractivity (Wildman–Crippen MR) is 89.0 cm³/mol. The molecule has 0 aliphatic heterocycles. The van der Waals surface area contributed by atoms with Gasteiger partial charge in [0.2, 0.25) is 0 Å². The second kappa shape index (κ2) is 11.5. The number of thiol groups is 1. The number of esters is 2. The quantitative estimate of drug-likeness (QED) is 0.177. The maximum Gasteiger partial charge on any atom is 0.338 e. The van der Waals surface area contributed by atoms with Crippen LogP contribution >= 0.6 is 12.6 Å². The highest BCUT2D eigenvalue weighted by atomic mass is 32.1. The summed E-state index contributed by atoms with van der Waals surface area (Å²) in [6.07, 6.45) is -1.47. The highest BCUT2D eigenvalue weighted by Crippen LogP contribution is 2.10. The van der Waals surface area contributed by atoms with Crippen LogP contribution in [-0.2, 0) is 23.9 Å². The van der Waals surface area contributed by atoms with Gasteiger partial charge in [0.05, 0.1) is 12.2 Å². The van der Waals surface area contributed by atoms with Crippen LogP contribution in [0.3, 0.4) is 0 Å². The minimum atomic E-state index is -1.23. The molecule has 0 amide bonds. The van der Waals surface area contributed by atoms with Gasteiger partial charge in [0.15, 0.2) is 6.10 Å². The standard InChI is InChI=1S/C14H16N2O10S/c17-13(2-1-7-24-15(19)20)26-11(9-25-16(21)22)8-23-14(18)10-3-5-12(27)6-4-10/h3-6,11,27H,1-2,7-9H2. The van der Waals surface area contributed by atoms with Crippen LogP contribution in [0.1, 0.15) is 23.2 Å². The third-order valence-electron chi connectivity index (χ3n) is 2.89. The maximum absolute atomic E-state index is 11.9. The van der Waals surface area contributed by atoms with Crippen molar-refractivity contribution in [2.75, 3.05) is 19.8 Å². The Kier molecular flexibility index (Phi) is 9.36. The number of rotatable bonds is 12. The molecule has 148 valence electrons. The van der Waals surface area contributed by atoms with E-state index in [4.69, 9.17) is 9.47 Å². The summed E-state index contributed by atoms with van der Waals surface area (Å²) in [5.74, 6) is -1.54. The molecule has 0 aliphatic rings. The van der Waals surface area contributed by atoms with E-state index < -0.39 is 41.4 Å². The van der Waals surface area contributed by atoms with Crippen molar-refractivity contribution in [3.05, 3.63) is 50.1 Å². The average molecular weight is 404 g/mol. The van der Waals surface area contributed by atoms with E-state index in [1.807, 2.05) is 0 Å². The minimum absolute atomic E-state index is 0.00150. The number of ether oxygens (including phenoxy) is 2. The molecule has 13 heteroatoms. The largest absolute Gasteiger partial charge is 0.458 e. The third kappa shape index (κ3) is 9.84. The smallest absolute Gasteiger partial charge is 0.338 e. The first-order valence-electron chi connectivity index (χ1n) is 7.48. The third-order valence-corrected chi connectivity index (χ3v) is 3.19. The SMILES string of the molecule is O=C(CCCO[N+](=O)[O-])OC(COC(=O)c1ccc(S)cc1)CO[N+](=O)[O-]. The molecule has 0 spiro atoms. The van der Waals surface area contributed by atoms with Crippen molar-refractivity contribution < 1.29 is 38.9 Å². The Morgan fingerprint density at radius 1 is 1.04 bits per heavy atom. The second-order valence-corrected chi connectivity index (χ2v) is 5.45. The van der Waals surface area contributed by atoms with Gasteiger partial charge in [-0.15, -0.1) is 32.9 Å². The van der Waals surface area contributed by atoms with Crippen LogP contribution in [0.4, 0.5) is 0 Å². The summed E-state index contributed by atoms with van der Waals surface area (Å²) < 4.78 is 9.89. The lowest BCUT2D eigenvalue weighted by molar-refractivity contribution is -0.759. The van der Waals surface area contributed by atoms with Crippen molar-refractivity contribution in [2.45, 2.75) is 23.8 Å². The van der Waals surface area contributed by atoms with Crippen LogP contribution in [0.2, 0.25) is 0 Å². The molecule has 0 fully saturated rings. The molecule has 1 atom stereocenters. The van der Waals surface area contributed by atoms with E-state index in [1.165, 1.54) is 12.1 Å². The number of nitrogens with zero attached hydrogens (tertiary/aromatic N) is 2. The summed E-state index contributed by atoms with van der Waals surface area (Å²) in [6.45, 7) is -1.44. The monoisotopic (exact) mass is 404 g/mol. The zero-order valence-electron chi connectivity index (χ0n) is 13.8. The second-order valence-electron chi connectivity index (χ2n) is 4.94. The molecule has 1 rings (SSSR count). The predicted octanol–water partition coefficient (Wildman–Crippen LogP) is 1.24. The van der Waals surface area contributed by atoms with Gasteiger partial charge >= 0.3 is 11.9 Å². The summed E-state index contributed by atoms with van der Waals surface area (Å²) in [4.78, 5) is 52.7. The fourth-order valence-corrected chi connectivity index (χ4v) is 1.86. The summed E-state index contributed by atoms with van der Waals surface area (Å²) in [7, 11) is 0.